The topological polar surface area (TPSA) is 43.1 Å². The highest BCUT2D eigenvalue weighted by Gasteiger charge is 2.17. The molecule has 0 saturated heterocycles. The molecule has 1 rings (SSSR count). The fourth-order valence-electron chi connectivity index (χ4n) is 1.33. The van der Waals surface area contributed by atoms with Gasteiger partial charge in [0.05, 0.1) is 5.02 Å². The van der Waals surface area contributed by atoms with Gasteiger partial charge < -0.3 is 5.73 Å². The van der Waals surface area contributed by atoms with E-state index in [0.29, 0.717) is 13.0 Å². The molecule has 0 aliphatic rings. The largest absolute Gasteiger partial charge is 0.330 e. The van der Waals surface area contributed by atoms with Crippen molar-refractivity contribution >= 4 is 17.4 Å². The van der Waals surface area contributed by atoms with Crippen LogP contribution in [0.25, 0.3) is 0 Å². The van der Waals surface area contributed by atoms with Gasteiger partial charge in [-0.25, -0.2) is 4.39 Å². The van der Waals surface area contributed by atoms with E-state index in [0.717, 1.165) is 6.07 Å². The molecule has 0 aromatic heterocycles. The summed E-state index contributed by atoms with van der Waals surface area (Å²) in [6, 6.07) is 3.78. The van der Waals surface area contributed by atoms with Crippen molar-refractivity contribution in [2.75, 3.05) is 6.54 Å². The van der Waals surface area contributed by atoms with Gasteiger partial charge in [0.25, 0.3) is 0 Å². The van der Waals surface area contributed by atoms with Gasteiger partial charge in [-0.1, -0.05) is 18.5 Å². The molecule has 4 heteroatoms. The molecule has 1 unspecified atom stereocenters. The smallest absolute Gasteiger partial charge is 0.167 e. The SMILES string of the molecule is CC(CCN)C(=O)c1cc(F)ccc1Cl. The van der Waals surface area contributed by atoms with Crippen LogP contribution in [0, 0.1) is 11.7 Å². The second-order valence-electron chi connectivity index (χ2n) is 3.47. The standard InChI is InChI=1S/C11H13ClFNO/c1-7(4-5-14)11(15)9-6-8(13)2-3-10(9)12/h2-3,6-7H,4-5,14H2,1H3. The fraction of sp³-hybridized carbons (Fsp3) is 0.364. The molecule has 1 aromatic carbocycles. The third-order valence-electron chi connectivity index (χ3n) is 2.24. The number of hydrogen-bond acceptors (Lipinski definition) is 2. The molecule has 0 bridgehead atoms. The van der Waals surface area contributed by atoms with E-state index in [4.69, 9.17) is 17.3 Å². The van der Waals surface area contributed by atoms with Crippen molar-refractivity contribution < 1.29 is 9.18 Å². The summed E-state index contributed by atoms with van der Waals surface area (Å²) in [4.78, 5) is 11.8. The molecular formula is C11H13ClFNO. The van der Waals surface area contributed by atoms with Gasteiger partial charge in [0.15, 0.2) is 5.78 Å². The maximum atomic E-state index is 12.9. The van der Waals surface area contributed by atoms with Crippen LogP contribution in [-0.4, -0.2) is 12.3 Å². The first-order valence-corrected chi connectivity index (χ1v) is 5.13. The highest BCUT2D eigenvalue weighted by Crippen LogP contribution is 2.21. The summed E-state index contributed by atoms with van der Waals surface area (Å²) in [5.74, 6) is -0.845. The monoisotopic (exact) mass is 229 g/mol. The molecule has 2 nitrogen and oxygen atoms in total. The lowest BCUT2D eigenvalue weighted by atomic mass is 9.96. The molecule has 0 saturated carbocycles. The zero-order valence-corrected chi connectivity index (χ0v) is 9.22. The number of benzene rings is 1. The van der Waals surface area contributed by atoms with E-state index in [1.807, 2.05) is 0 Å². The zero-order chi connectivity index (χ0) is 11.4. The number of Topliss-reactive ketones (excluding diaryl/α,β-unsaturated/α-hetero) is 1. The van der Waals surface area contributed by atoms with Crippen LogP contribution >= 0.6 is 11.6 Å². The van der Waals surface area contributed by atoms with Gasteiger partial charge in [0, 0.05) is 11.5 Å². The van der Waals surface area contributed by atoms with Crippen LogP contribution < -0.4 is 5.73 Å². The molecule has 0 fully saturated rings. The molecule has 0 aliphatic heterocycles. The molecule has 82 valence electrons. The quantitative estimate of drug-likeness (QED) is 0.807. The predicted molar refractivity (Wildman–Crippen MR) is 58.6 cm³/mol. The number of nitrogens with two attached hydrogens (primary N) is 1. The number of carbonyl (C=O) groups is 1. The average Bonchev–Trinajstić information content (AvgIpc) is 2.21. The maximum absolute atomic E-state index is 12.9. The molecule has 0 radical (unpaired) electrons. The van der Waals surface area contributed by atoms with Crippen molar-refractivity contribution in [1.29, 1.82) is 0 Å². The summed E-state index contributed by atoms with van der Waals surface area (Å²) in [6.07, 6.45) is 0.575. The number of halogens is 2. The molecule has 0 spiro atoms. The minimum Gasteiger partial charge on any atom is -0.330 e. The Morgan fingerprint density at radius 2 is 2.27 bits per heavy atom. The van der Waals surface area contributed by atoms with E-state index < -0.39 is 5.82 Å². The summed E-state index contributed by atoms with van der Waals surface area (Å²) >= 11 is 5.82. The van der Waals surface area contributed by atoms with Gasteiger partial charge >= 0.3 is 0 Å². The van der Waals surface area contributed by atoms with Crippen LogP contribution in [0.15, 0.2) is 18.2 Å². The highest BCUT2D eigenvalue weighted by atomic mass is 35.5. The van der Waals surface area contributed by atoms with Crippen molar-refractivity contribution in [2.24, 2.45) is 11.7 Å². The lowest BCUT2D eigenvalue weighted by Crippen LogP contribution is -2.16. The number of ketones is 1. The van der Waals surface area contributed by atoms with Gasteiger partial charge in [0.1, 0.15) is 5.82 Å². The molecule has 1 atom stereocenters. The predicted octanol–water partition coefficient (Wildman–Crippen LogP) is 2.65. The third kappa shape index (κ3) is 3.01. The van der Waals surface area contributed by atoms with Crippen molar-refractivity contribution in [3.63, 3.8) is 0 Å². The van der Waals surface area contributed by atoms with E-state index in [-0.39, 0.29) is 22.3 Å². The molecule has 2 N–H and O–H groups in total. The van der Waals surface area contributed by atoms with E-state index in [2.05, 4.69) is 0 Å². The van der Waals surface area contributed by atoms with Gasteiger partial charge in [0.2, 0.25) is 0 Å². The van der Waals surface area contributed by atoms with E-state index in [1.165, 1.54) is 12.1 Å². The Morgan fingerprint density at radius 1 is 1.60 bits per heavy atom. The normalized spacial score (nSPS) is 12.5. The van der Waals surface area contributed by atoms with Gasteiger partial charge in [-0.2, -0.15) is 0 Å². The zero-order valence-electron chi connectivity index (χ0n) is 8.47. The molecular weight excluding hydrogens is 217 g/mol. The van der Waals surface area contributed by atoms with Gasteiger partial charge in [-0.3, -0.25) is 4.79 Å². The van der Waals surface area contributed by atoms with Crippen molar-refractivity contribution in [3.05, 3.63) is 34.6 Å². The number of hydrogen-bond donors (Lipinski definition) is 1. The minimum absolute atomic E-state index is 0.162. The van der Waals surface area contributed by atoms with Crippen molar-refractivity contribution in [2.45, 2.75) is 13.3 Å². The fourth-order valence-corrected chi connectivity index (χ4v) is 1.54. The first kappa shape index (κ1) is 12.1. The minimum atomic E-state index is -0.456. The second kappa shape index (κ2) is 5.24. The first-order valence-electron chi connectivity index (χ1n) is 4.75. The Morgan fingerprint density at radius 3 is 2.87 bits per heavy atom. The van der Waals surface area contributed by atoms with Crippen molar-refractivity contribution in [3.8, 4) is 0 Å². The Hall–Kier alpha value is -0.930. The summed E-state index contributed by atoms with van der Waals surface area (Å²) in [6.45, 7) is 2.19. The molecule has 0 aliphatic carbocycles. The van der Waals surface area contributed by atoms with Crippen LogP contribution in [0.4, 0.5) is 4.39 Å². The lowest BCUT2D eigenvalue weighted by molar-refractivity contribution is 0.0925. The Kier molecular flexibility index (Phi) is 4.24. The van der Waals surface area contributed by atoms with E-state index in [1.54, 1.807) is 6.92 Å². The average molecular weight is 230 g/mol. The molecule has 1 aromatic rings. The van der Waals surface area contributed by atoms with Gasteiger partial charge in [-0.05, 0) is 31.2 Å². The summed E-state index contributed by atoms with van der Waals surface area (Å²) in [7, 11) is 0. The van der Waals surface area contributed by atoms with Crippen LogP contribution in [0.1, 0.15) is 23.7 Å². The molecule has 0 amide bonds. The Balaban J connectivity index is 2.95. The first-order chi connectivity index (χ1) is 7.06. The Labute approximate surface area is 93.2 Å². The lowest BCUT2D eigenvalue weighted by Gasteiger charge is -2.10. The van der Waals surface area contributed by atoms with Crippen LogP contribution in [0.5, 0.6) is 0 Å². The van der Waals surface area contributed by atoms with Crippen LogP contribution in [-0.2, 0) is 0 Å². The van der Waals surface area contributed by atoms with Crippen LogP contribution in [0.2, 0.25) is 5.02 Å². The Bertz CT molecular complexity index is 368. The third-order valence-corrected chi connectivity index (χ3v) is 2.57. The summed E-state index contributed by atoms with van der Waals surface area (Å²) in [5, 5.41) is 0.283. The number of rotatable bonds is 4. The van der Waals surface area contributed by atoms with E-state index in [9.17, 15) is 9.18 Å². The number of carbonyl (C=O) groups excluding carboxylic acids is 1. The highest BCUT2D eigenvalue weighted by molar-refractivity contribution is 6.34. The summed E-state index contributed by atoms with van der Waals surface area (Å²) < 4.78 is 12.9. The summed E-state index contributed by atoms with van der Waals surface area (Å²) in [5.41, 5.74) is 5.59. The van der Waals surface area contributed by atoms with Gasteiger partial charge in [-0.15, -0.1) is 0 Å². The van der Waals surface area contributed by atoms with Crippen LogP contribution in [0.3, 0.4) is 0 Å². The maximum Gasteiger partial charge on any atom is 0.167 e. The van der Waals surface area contributed by atoms with E-state index >= 15 is 0 Å². The molecule has 15 heavy (non-hydrogen) atoms. The second-order valence-corrected chi connectivity index (χ2v) is 3.87. The molecule has 0 heterocycles. The van der Waals surface area contributed by atoms with Crippen molar-refractivity contribution in [1.82, 2.24) is 0 Å².